The van der Waals surface area contributed by atoms with Gasteiger partial charge in [-0.1, -0.05) is 115 Å². The number of furan rings is 1. The Balaban J connectivity index is 1.24. The van der Waals surface area contributed by atoms with E-state index in [0.29, 0.717) is 11.5 Å². The maximum absolute atomic E-state index is 6.44. The highest BCUT2D eigenvalue weighted by molar-refractivity contribution is 6.16. The number of para-hydroxylation sites is 1. The fourth-order valence-corrected chi connectivity index (χ4v) is 7.19. The van der Waals surface area contributed by atoms with Crippen LogP contribution < -0.4 is 4.90 Å². The molecule has 10 aromatic rings. The smallest absolute Gasteiger partial charge is 0.227 e. The van der Waals surface area contributed by atoms with E-state index in [1.807, 2.05) is 36.4 Å². The normalized spacial score (nSPS) is 11.7. The second-order valence-electron chi connectivity index (χ2n) is 12.4. The van der Waals surface area contributed by atoms with Crippen LogP contribution in [0.5, 0.6) is 0 Å². The van der Waals surface area contributed by atoms with E-state index in [1.54, 1.807) is 0 Å². The molecule has 0 fully saturated rings. The zero-order valence-electron chi connectivity index (χ0n) is 26.4. The van der Waals surface area contributed by atoms with Crippen molar-refractivity contribution >= 4 is 71.6 Å². The lowest BCUT2D eigenvalue weighted by molar-refractivity contribution is 0.617. The molecule has 0 aliphatic carbocycles. The van der Waals surface area contributed by atoms with Gasteiger partial charge < -0.3 is 13.7 Å². The van der Waals surface area contributed by atoms with Gasteiger partial charge in [0.15, 0.2) is 5.58 Å². The third-order valence-electron chi connectivity index (χ3n) is 9.46. The lowest BCUT2D eigenvalue weighted by Crippen LogP contribution is -2.12. The van der Waals surface area contributed by atoms with Gasteiger partial charge in [0.2, 0.25) is 5.89 Å². The molecule has 0 saturated carbocycles. The Morgan fingerprint density at radius 3 is 1.92 bits per heavy atom. The molecule has 0 atom stereocenters. The van der Waals surface area contributed by atoms with Gasteiger partial charge in [0, 0.05) is 39.0 Å². The summed E-state index contributed by atoms with van der Waals surface area (Å²) in [5.41, 5.74) is 9.56. The van der Waals surface area contributed by atoms with E-state index < -0.39 is 0 Å². The zero-order chi connectivity index (χ0) is 32.3. The van der Waals surface area contributed by atoms with E-state index in [4.69, 9.17) is 13.8 Å². The Kier molecular flexibility index (Phi) is 6.15. The molecular weight excluding hydrogens is 601 g/mol. The second kappa shape index (κ2) is 11.0. The van der Waals surface area contributed by atoms with E-state index in [1.165, 1.54) is 21.5 Å². The minimum atomic E-state index is 0.597. The van der Waals surface area contributed by atoms with Gasteiger partial charge in [-0.2, -0.15) is 0 Å². The summed E-state index contributed by atoms with van der Waals surface area (Å²) in [6, 6.07) is 59.5. The number of benzene rings is 8. The molecular formula is C45H28N2O2. The molecule has 2 aromatic heterocycles. The van der Waals surface area contributed by atoms with E-state index in [9.17, 15) is 0 Å². The molecule has 10 rings (SSSR count). The van der Waals surface area contributed by atoms with Crippen molar-refractivity contribution in [2.24, 2.45) is 0 Å². The molecule has 4 heteroatoms. The van der Waals surface area contributed by atoms with Crippen LogP contribution in [0, 0.1) is 0 Å². The van der Waals surface area contributed by atoms with E-state index in [-0.39, 0.29) is 0 Å². The average molecular weight is 629 g/mol. The first-order valence-electron chi connectivity index (χ1n) is 16.5. The number of aromatic nitrogens is 1. The summed E-state index contributed by atoms with van der Waals surface area (Å²) in [4.78, 5) is 7.26. The average Bonchev–Trinajstić information content (AvgIpc) is 3.75. The van der Waals surface area contributed by atoms with Gasteiger partial charge in [0.05, 0.1) is 11.4 Å². The zero-order valence-corrected chi connectivity index (χ0v) is 26.4. The van der Waals surface area contributed by atoms with Gasteiger partial charge in [-0.3, -0.25) is 0 Å². The van der Waals surface area contributed by atoms with Crippen LogP contribution in [0.4, 0.5) is 17.1 Å². The quantitative estimate of drug-likeness (QED) is 0.178. The molecule has 8 aromatic carbocycles. The standard InChI is InChI=1S/C45H28N2O2/c1-3-13-29(14-4-1)34-19-11-12-22-40(34)47(41-25-31-17-7-8-18-33(31)35-20-9-10-21-36(35)41)32-23-24-42-37(26-32)38-27-39-44(28-43(38)48-42)49-45(46-39)30-15-5-2-6-16-30/h1-28H. The van der Waals surface area contributed by atoms with E-state index in [0.717, 1.165) is 61.2 Å². The maximum Gasteiger partial charge on any atom is 0.227 e. The van der Waals surface area contributed by atoms with Gasteiger partial charge in [-0.15, -0.1) is 0 Å². The fourth-order valence-electron chi connectivity index (χ4n) is 7.19. The van der Waals surface area contributed by atoms with Gasteiger partial charge in [0.1, 0.15) is 16.7 Å². The van der Waals surface area contributed by atoms with Crippen molar-refractivity contribution in [2.75, 3.05) is 4.90 Å². The summed E-state index contributed by atoms with van der Waals surface area (Å²) in [5.74, 6) is 0.597. The Hall–Kier alpha value is -6.65. The van der Waals surface area contributed by atoms with Crippen LogP contribution in [0.1, 0.15) is 0 Å². The Morgan fingerprint density at radius 2 is 1.08 bits per heavy atom. The highest BCUT2D eigenvalue weighted by atomic mass is 16.4. The van der Waals surface area contributed by atoms with Crippen molar-refractivity contribution in [2.45, 2.75) is 0 Å². The molecule has 0 aliphatic heterocycles. The SMILES string of the molecule is c1ccc(-c2nc3cc4c(cc3o2)oc2ccc(N(c3ccccc3-c3ccccc3)c3cc5ccccc5c5ccccc35)cc24)cc1. The molecule has 0 radical (unpaired) electrons. The minimum absolute atomic E-state index is 0.597. The molecule has 0 spiro atoms. The van der Waals surface area contributed by atoms with Crippen molar-refractivity contribution < 1.29 is 8.83 Å². The molecule has 0 aliphatic rings. The first-order chi connectivity index (χ1) is 24.3. The van der Waals surface area contributed by atoms with Crippen LogP contribution in [0.2, 0.25) is 0 Å². The van der Waals surface area contributed by atoms with Crippen molar-refractivity contribution in [1.82, 2.24) is 4.98 Å². The number of nitrogens with zero attached hydrogens (tertiary/aromatic N) is 2. The first kappa shape index (κ1) is 27.5. The molecule has 2 heterocycles. The van der Waals surface area contributed by atoms with Gasteiger partial charge in [0.25, 0.3) is 0 Å². The molecule has 49 heavy (non-hydrogen) atoms. The molecule has 0 bridgehead atoms. The lowest BCUT2D eigenvalue weighted by atomic mass is 9.97. The topological polar surface area (TPSA) is 42.4 Å². The predicted octanol–water partition coefficient (Wildman–Crippen LogP) is 12.8. The molecule has 0 unspecified atom stereocenters. The third-order valence-corrected chi connectivity index (χ3v) is 9.46. The summed E-state index contributed by atoms with van der Waals surface area (Å²) in [6.07, 6.45) is 0. The number of fused-ring (bicyclic) bond motifs is 7. The number of oxazole rings is 1. The summed E-state index contributed by atoms with van der Waals surface area (Å²) in [5, 5.41) is 6.84. The summed E-state index contributed by atoms with van der Waals surface area (Å²) in [6.45, 7) is 0. The third kappa shape index (κ3) is 4.49. The number of hydrogen-bond donors (Lipinski definition) is 0. The Labute approximate surface area is 282 Å². The highest BCUT2D eigenvalue weighted by Crippen LogP contribution is 2.46. The highest BCUT2D eigenvalue weighted by Gasteiger charge is 2.22. The lowest BCUT2D eigenvalue weighted by Gasteiger charge is -2.29. The van der Waals surface area contributed by atoms with Crippen LogP contribution in [0.3, 0.4) is 0 Å². The fraction of sp³-hybridized carbons (Fsp3) is 0. The monoisotopic (exact) mass is 628 g/mol. The molecule has 0 N–H and O–H groups in total. The van der Waals surface area contributed by atoms with Gasteiger partial charge >= 0.3 is 0 Å². The minimum Gasteiger partial charge on any atom is -0.456 e. The Bertz CT molecular complexity index is 2830. The molecule has 0 amide bonds. The van der Waals surface area contributed by atoms with E-state index in [2.05, 4.69) is 138 Å². The number of rotatable bonds is 5. The predicted molar refractivity (Wildman–Crippen MR) is 202 cm³/mol. The van der Waals surface area contributed by atoms with Crippen LogP contribution in [0.25, 0.3) is 77.2 Å². The summed E-state index contributed by atoms with van der Waals surface area (Å²) in [7, 11) is 0. The maximum atomic E-state index is 6.44. The molecule has 0 saturated heterocycles. The number of anilines is 3. The van der Waals surface area contributed by atoms with Crippen molar-refractivity contribution in [3.63, 3.8) is 0 Å². The van der Waals surface area contributed by atoms with Crippen molar-refractivity contribution in [3.8, 4) is 22.6 Å². The summed E-state index contributed by atoms with van der Waals surface area (Å²) < 4.78 is 12.6. The molecule has 4 nitrogen and oxygen atoms in total. The van der Waals surface area contributed by atoms with Crippen LogP contribution in [0.15, 0.2) is 179 Å². The van der Waals surface area contributed by atoms with Gasteiger partial charge in [-0.25, -0.2) is 4.98 Å². The van der Waals surface area contributed by atoms with Crippen molar-refractivity contribution in [3.05, 3.63) is 170 Å². The van der Waals surface area contributed by atoms with Crippen molar-refractivity contribution in [1.29, 1.82) is 0 Å². The van der Waals surface area contributed by atoms with E-state index >= 15 is 0 Å². The Morgan fingerprint density at radius 1 is 0.408 bits per heavy atom. The second-order valence-corrected chi connectivity index (χ2v) is 12.4. The molecule has 230 valence electrons. The largest absolute Gasteiger partial charge is 0.456 e. The number of hydrogen-bond acceptors (Lipinski definition) is 4. The van der Waals surface area contributed by atoms with Crippen LogP contribution in [-0.2, 0) is 0 Å². The first-order valence-corrected chi connectivity index (χ1v) is 16.5. The summed E-state index contributed by atoms with van der Waals surface area (Å²) >= 11 is 0. The van der Waals surface area contributed by atoms with Crippen LogP contribution >= 0.6 is 0 Å². The van der Waals surface area contributed by atoms with Crippen LogP contribution in [-0.4, -0.2) is 4.98 Å². The van der Waals surface area contributed by atoms with Gasteiger partial charge in [-0.05, 0) is 70.3 Å².